The van der Waals surface area contributed by atoms with Gasteiger partial charge in [-0.1, -0.05) is 0 Å². The second kappa shape index (κ2) is 5.62. The highest BCUT2D eigenvalue weighted by Crippen LogP contribution is 2.12. The van der Waals surface area contributed by atoms with Gasteiger partial charge in [-0.05, 0) is 11.6 Å². The van der Waals surface area contributed by atoms with E-state index in [0.29, 0.717) is 37.9 Å². The molecular formula is C10H15N3O4. The van der Waals surface area contributed by atoms with Gasteiger partial charge in [0.2, 0.25) is 5.89 Å². The number of ether oxygens (including phenoxy) is 1. The lowest BCUT2D eigenvalue weighted by atomic mass is 10.2. The Morgan fingerprint density at radius 1 is 1.41 bits per heavy atom. The van der Waals surface area contributed by atoms with Gasteiger partial charge in [0, 0.05) is 25.9 Å². The van der Waals surface area contributed by atoms with Gasteiger partial charge in [0.15, 0.2) is 0 Å². The van der Waals surface area contributed by atoms with Crippen molar-refractivity contribution in [1.29, 1.82) is 0 Å². The molecule has 1 aromatic heterocycles. The Kier molecular flexibility index (Phi) is 3.92. The molecular weight excluding hydrogens is 226 g/mol. The number of hydrogen-bond donors (Lipinski definition) is 1. The fourth-order valence-corrected chi connectivity index (χ4v) is 1.63. The summed E-state index contributed by atoms with van der Waals surface area (Å²) in [6, 6.07) is 0. The summed E-state index contributed by atoms with van der Waals surface area (Å²) < 4.78 is 10.3. The molecule has 1 aliphatic rings. The molecule has 1 saturated heterocycles. The van der Waals surface area contributed by atoms with E-state index in [2.05, 4.69) is 10.1 Å². The Balaban J connectivity index is 1.84. The maximum Gasteiger partial charge on any atom is 0.303 e. The van der Waals surface area contributed by atoms with Crippen LogP contribution in [0, 0.1) is 0 Å². The quantitative estimate of drug-likeness (QED) is 0.793. The third kappa shape index (κ3) is 3.42. The van der Waals surface area contributed by atoms with E-state index >= 15 is 0 Å². The second-order valence-electron chi connectivity index (χ2n) is 3.83. The van der Waals surface area contributed by atoms with E-state index in [1.807, 2.05) is 4.90 Å². The van der Waals surface area contributed by atoms with Crippen molar-refractivity contribution < 1.29 is 19.2 Å². The first-order valence-electron chi connectivity index (χ1n) is 5.63. The molecule has 1 aromatic rings. The van der Waals surface area contributed by atoms with Crippen molar-refractivity contribution in [3.8, 4) is 0 Å². The Morgan fingerprint density at radius 3 is 2.88 bits per heavy atom. The molecule has 7 heteroatoms. The normalized spacial score (nSPS) is 16.1. The van der Waals surface area contributed by atoms with Gasteiger partial charge in [-0.25, -0.2) is 0 Å². The predicted molar refractivity (Wildman–Crippen MR) is 57.9 cm³/mol. The first-order chi connectivity index (χ1) is 8.25. The van der Waals surface area contributed by atoms with Crippen LogP contribution in [0.3, 0.4) is 0 Å². The number of aryl methyl sites for hydroxylation is 1. The summed E-state index contributed by atoms with van der Waals surface area (Å²) in [6.07, 6.45) is 1.14. The maximum atomic E-state index is 10.4. The molecule has 1 fully saturated rings. The van der Waals surface area contributed by atoms with E-state index in [0.717, 1.165) is 13.1 Å². The first kappa shape index (κ1) is 11.8. The molecule has 0 aromatic carbocycles. The van der Waals surface area contributed by atoms with Crippen LogP contribution in [0.4, 0.5) is 5.95 Å². The van der Waals surface area contributed by atoms with Crippen molar-refractivity contribution in [2.45, 2.75) is 19.3 Å². The number of rotatable bonds is 5. The summed E-state index contributed by atoms with van der Waals surface area (Å²) >= 11 is 0. The monoisotopic (exact) mass is 241 g/mol. The minimum absolute atomic E-state index is 0.120. The summed E-state index contributed by atoms with van der Waals surface area (Å²) in [4.78, 5) is 16.6. The zero-order valence-electron chi connectivity index (χ0n) is 9.46. The van der Waals surface area contributed by atoms with Crippen molar-refractivity contribution in [3.05, 3.63) is 5.89 Å². The van der Waals surface area contributed by atoms with Gasteiger partial charge in [-0.3, -0.25) is 4.79 Å². The number of nitrogens with zero attached hydrogens (tertiary/aromatic N) is 3. The molecule has 2 heterocycles. The average Bonchev–Trinajstić information content (AvgIpc) is 2.78. The van der Waals surface area contributed by atoms with Crippen molar-refractivity contribution in [1.82, 2.24) is 10.1 Å². The number of aromatic nitrogens is 2. The lowest BCUT2D eigenvalue weighted by molar-refractivity contribution is -0.137. The molecule has 0 radical (unpaired) electrons. The van der Waals surface area contributed by atoms with E-state index in [1.165, 1.54) is 0 Å². The van der Waals surface area contributed by atoms with Gasteiger partial charge in [0.1, 0.15) is 0 Å². The Bertz CT molecular complexity index is 373. The van der Waals surface area contributed by atoms with Crippen LogP contribution in [0.2, 0.25) is 0 Å². The Hall–Kier alpha value is -1.63. The number of carboxylic acids is 1. The summed E-state index contributed by atoms with van der Waals surface area (Å²) in [5, 5.41) is 12.4. The van der Waals surface area contributed by atoms with Crippen LogP contribution in [0.25, 0.3) is 0 Å². The summed E-state index contributed by atoms with van der Waals surface area (Å²) in [7, 11) is 0. The van der Waals surface area contributed by atoms with Crippen molar-refractivity contribution in [3.63, 3.8) is 0 Å². The van der Waals surface area contributed by atoms with Crippen LogP contribution in [-0.2, 0) is 16.0 Å². The molecule has 17 heavy (non-hydrogen) atoms. The maximum absolute atomic E-state index is 10.4. The standard InChI is InChI=1S/C10H15N3O4/c14-9(15)3-1-2-8-11-10(12-17-8)13-4-6-16-7-5-13/h1-7H2,(H,14,15). The molecule has 0 atom stereocenters. The zero-order chi connectivity index (χ0) is 12.1. The van der Waals surface area contributed by atoms with Crippen LogP contribution in [0.1, 0.15) is 18.7 Å². The number of morpholine rings is 1. The number of anilines is 1. The summed E-state index contributed by atoms with van der Waals surface area (Å²) in [5.74, 6) is 0.254. The fraction of sp³-hybridized carbons (Fsp3) is 0.700. The zero-order valence-corrected chi connectivity index (χ0v) is 9.46. The molecule has 94 valence electrons. The molecule has 0 unspecified atom stereocenters. The van der Waals surface area contributed by atoms with Gasteiger partial charge in [-0.15, -0.1) is 0 Å². The number of aliphatic carboxylic acids is 1. The van der Waals surface area contributed by atoms with Gasteiger partial charge in [-0.2, -0.15) is 4.98 Å². The molecule has 1 N–H and O–H groups in total. The van der Waals surface area contributed by atoms with Crippen molar-refractivity contribution >= 4 is 11.9 Å². The highest BCUT2D eigenvalue weighted by atomic mass is 16.5. The summed E-state index contributed by atoms with van der Waals surface area (Å²) in [6.45, 7) is 2.86. The van der Waals surface area contributed by atoms with E-state index in [4.69, 9.17) is 14.4 Å². The van der Waals surface area contributed by atoms with E-state index in [-0.39, 0.29) is 6.42 Å². The lowest BCUT2D eigenvalue weighted by Crippen LogP contribution is -2.36. The van der Waals surface area contributed by atoms with Gasteiger partial charge < -0.3 is 19.3 Å². The van der Waals surface area contributed by atoms with E-state index in [1.54, 1.807) is 0 Å². The highest BCUT2D eigenvalue weighted by Gasteiger charge is 2.16. The van der Waals surface area contributed by atoms with Crippen molar-refractivity contribution in [2.24, 2.45) is 0 Å². The van der Waals surface area contributed by atoms with Gasteiger partial charge in [0.05, 0.1) is 13.2 Å². The summed E-state index contributed by atoms with van der Waals surface area (Å²) in [5.41, 5.74) is 0. The van der Waals surface area contributed by atoms with Gasteiger partial charge >= 0.3 is 5.97 Å². The second-order valence-corrected chi connectivity index (χ2v) is 3.83. The van der Waals surface area contributed by atoms with Crippen LogP contribution in [-0.4, -0.2) is 47.5 Å². The number of carbonyl (C=O) groups is 1. The smallest absolute Gasteiger partial charge is 0.303 e. The Morgan fingerprint density at radius 2 is 2.18 bits per heavy atom. The number of carboxylic acid groups (broad SMARTS) is 1. The molecule has 1 aliphatic heterocycles. The number of hydrogen-bond acceptors (Lipinski definition) is 6. The molecule has 7 nitrogen and oxygen atoms in total. The first-order valence-corrected chi connectivity index (χ1v) is 5.63. The molecule has 0 bridgehead atoms. The van der Waals surface area contributed by atoms with E-state index < -0.39 is 5.97 Å². The predicted octanol–water partition coefficient (Wildman–Crippen LogP) is 0.313. The van der Waals surface area contributed by atoms with Gasteiger partial charge in [0.25, 0.3) is 5.95 Å². The highest BCUT2D eigenvalue weighted by molar-refractivity contribution is 5.66. The minimum atomic E-state index is -0.807. The topological polar surface area (TPSA) is 88.7 Å². The molecule has 0 amide bonds. The molecule has 0 spiro atoms. The fourth-order valence-electron chi connectivity index (χ4n) is 1.63. The largest absolute Gasteiger partial charge is 0.481 e. The molecule has 0 saturated carbocycles. The molecule has 2 rings (SSSR count). The SMILES string of the molecule is O=C(O)CCCc1nc(N2CCOCC2)no1. The minimum Gasteiger partial charge on any atom is -0.481 e. The lowest BCUT2D eigenvalue weighted by Gasteiger charge is -2.24. The third-order valence-corrected chi connectivity index (χ3v) is 2.53. The van der Waals surface area contributed by atoms with E-state index in [9.17, 15) is 4.79 Å². The molecule has 0 aliphatic carbocycles. The third-order valence-electron chi connectivity index (χ3n) is 2.53. The Labute approximate surface area is 98.4 Å². The van der Waals surface area contributed by atoms with Crippen LogP contribution in [0.15, 0.2) is 4.52 Å². The van der Waals surface area contributed by atoms with Crippen molar-refractivity contribution in [2.75, 3.05) is 31.2 Å². The average molecular weight is 241 g/mol. The van der Waals surface area contributed by atoms with Crippen LogP contribution >= 0.6 is 0 Å². The van der Waals surface area contributed by atoms with Crippen LogP contribution < -0.4 is 4.90 Å². The van der Waals surface area contributed by atoms with Crippen LogP contribution in [0.5, 0.6) is 0 Å².